The maximum absolute atomic E-state index is 14.3. The van der Waals surface area contributed by atoms with Crippen LogP contribution in [0.4, 0.5) is 9.18 Å². The molecule has 0 aromatic heterocycles. The van der Waals surface area contributed by atoms with Gasteiger partial charge in [0.25, 0.3) is 0 Å². The minimum absolute atomic E-state index is 0.0763. The number of rotatable bonds is 4. The molecule has 0 radical (unpaired) electrons. The lowest BCUT2D eigenvalue weighted by Gasteiger charge is -2.38. The van der Waals surface area contributed by atoms with E-state index in [4.69, 9.17) is 26.4 Å². The quantitative estimate of drug-likeness (QED) is 0.749. The van der Waals surface area contributed by atoms with Crippen LogP contribution in [0.15, 0.2) is 60.7 Å². The molecule has 2 bridgehead atoms. The number of alkyl halides is 1. The predicted octanol–water partition coefficient (Wildman–Crippen LogP) is 3.72. The lowest BCUT2D eigenvalue weighted by Crippen LogP contribution is -2.57. The molecule has 5 nitrogen and oxygen atoms in total. The van der Waals surface area contributed by atoms with Crippen LogP contribution in [0.25, 0.3) is 0 Å². The zero-order valence-electron chi connectivity index (χ0n) is 14.4. The molecule has 3 aliphatic rings. The average molecular weight is 387 g/mol. The Morgan fingerprint density at radius 3 is 2.48 bits per heavy atom. The van der Waals surface area contributed by atoms with Gasteiger partial charge in [-0.2, -0.15) is 0 Å². The highest BCUT2D eigenvalue weighted by Crippen LogP contribution is 2.46. The number of carbonyl (C=O) groups is 1. The second-order valence-corrected chi connectivity index (χ2v) is 6.87. The van der Waals surface area contributed by atoms with Gasteiger partial charge in [0.15, 0.2) is 0 Å². The second kappa shape index (κ2) is 7.52. The van der Waals surface area contributed by atoms with Gasteiger partial charge in [-0.15, -0.1) is 0 Å². The summed E-state index contributed by atoms with van der Waals surface area (Å²) in [6, 6.07) is 17.6. The number of thiocarbonyl (C=S) groups is 1. The van der Waals surface area contributed by atoms with Crippen molar-refractivity contribution in [3.05, 3.63) is 66.2 Å². The fourth-order valence-electron chi connectivity index (χ4n) is 3.50. The van der Waals surface area contributed by atoms with Crippen LogP contribution in [-0.2, 0) is 16.1 Å². The summed E-state index contributed by atoms with van der Waals surface area (Å²) in [4.78, 5) is 13.7. The molecule has 2 saturated heterocycles. The molecule has 1 saturated carbocycles. The van der Waals surface area contributed by atoms with Crippen molar-refractivity contribution in [2.45, 2.75) is 24.9 Å². The fourth-order valence-corrected chi connectivity index (χ4v) is 3.71. The summed E-state index contributed by atoms with van der Waals surface area (Å²) >= 11 is 5.10. The molecule has 140 valence electrons. The zero-order chi connectivity index (χ0) is 18.8. The molecule has 7 heteroatoms. The number of halogens is 1. The maximum Gasteiger partial charge on any atom is 0.410 e. The van der Waals surface area contributed by atoms with Gasteiger partial charge < -0.3 is 14.2 Å². The highest BCUT2D eigenvalue weighted by molar-refractivity contribution is 7.79. The van der Waals surface area contributed by atoms with Crippen molar-refractivity contribution in [3.8, 4) is 5.75 Å². The van der Waals surface area contributed by atoms with Gasteiger partial charge in [-0.1, -0.05) is 48.5 Å². The van der Waals surface area contributed by atoms with E-state index in [9.17, 15) is 9.18 Å². The molecule has 2 aromatic carbocycles. The smallest absolute Gasteiger partial charge is 0.410 e. The van der Waals surface area contributed by atoms with Gasteiger partial charge in [0.1, 0.15) is 30.7 Å². The number of nitrogens with zero attached hydrogens (tertiary/aromatic N) is 1. The highest BCUT2D eigenvalue weighted by atomic mass is 32.1. The molecule has 0 unspecified atom stereocenters. The van der Waals surface area contributed by atoms with Crippen LogP contribution in [0.3, 0.4) is 0 Å². The van der Waals surface area contributed by atoms with Crippen LogP contribution in [0, 0.1) is 5.92 Å². The third-order valence-electron chi connectivity index (χ3n) is 4.88. The minimum atomic E-state index is -1.14. The van der Waals surface area contributed by atoms with Gasteiger partial charge in [-0.3, -0.25) is 4.90 Å². The monoisotopic (exact) mass is 387 g/mol. The van der Waals surface area contributed by atoms with Crippen LogP contribution < -0.4 is 4.74 Å². The zero-order valence-corrected chi connectivity index (χ0v) is 15.2. The van der Waals surface area contributed by atoms with Crippen LogP contribution >= 0.6 is 12.2 Å². The lowest BCUT2D eigenvalue weighted by atomic mass is 9.80. The van der Waals surface area contributed by atoms with E-state index >= 15 is 0 Å². The highest BCUT2D eigenvalue weighted by Gasteiger charge is 2.64. The van der Waals surface area contributed by atoms with Gasteiger partial charge in [0, 0.05) is 24.7 Å². The Balaban J connectivity index is 1.32. The number of para-hydroxylation sites is 1. The second-order valence-electron chi connectivity index (χ2n) is 6.54. The number of fused-ring (bicyclic) bond motifs is 1. The number of hydrogen-bond acceptors (Lipinski definition) is 5. The third-order valence-corrected chi connectivity index (χ3v) is 5.06. The van der Waals surface area contributed by atoms with E-state index in [0.717, 1.165) is 5.56 Å². The molecule has 0 spiro atoms. The Labute approximate surface area is 161 Å². The number of benzene rings is 2. The maximum atomic E-state index is 14.3. The summed E-state index contributed by atoms with van der Waals surface area (Å²) in [6.45, 7) is 0.392. The van der Waals surface area contributed by atoms with E-state index in [1.165, 1.54) is 4.90 Å². The van der Waals surface area contributed by atoms with Gasteiger partial charge in [-0.05, 0) is 17.7 Å². The molecule has 2 aromatic rings. The Bertz CT molecular complexity index is 819. The van der Waals surface area contributed by atoms with Crippen molar-refractivity contribution in [3.63, 3.8) is 0 Å². The van der Waals surface area contributed by atoms with Gasteiger partial charge >= 0.3 is 11.3 Å². The average Bonchev–Trinajstić information content (AvgIpc) is 3.25. The van der Waals surface area contributed by atoms with E-state index in [-0.39, 0.29) is 18.4 Å². The number of ether oxygens (including phenoxy) is 3. The molecule has 4 atom stereocenters. The number of hydrogen-bond donors (Lipinski definition) is 0. The molecule has 5 rings (SSSR count). The van der Waals surface area contributed by atoms with E-state index in [0.29, 0.717) is 5.75 Å². The standard InChI is InChI=1S/C20H18FNO4S/c21-16-15-11-22(19(23)24-12-13-7-3-1-4-8-13)17(16)18(15)26-20(27)25-14-9-5-2-6-10-14/h1-10,15-18H,11-12H2/t15-,16+,17+,18+/m0/s1. The summed E-state index contributed by atoms with van der Waals surface area (Å²) in [5.74, 6) is 0.127. The van der Waals surface area contributed by atoms with Crippen molar-refractivity contribution < 1.29 is 23.4 Å². The molecular weight excluding hydrogens is 369 g/mol. The first-order chi connectivity index (χ1) is 13.1. The topological polar surface area (TPSA) is 48.0 Å². The van der Waals surface area contributed by atoms with Gasteiger partial charge in [0.2, 0.25) is 0 Å². The lowest BCUT2D eigenvalue weighted by molar-refractivity contribution is -0.0466. The first kappa shape index (κ1) is 17.7. The summed E-state index contributed by atoms with van der Waals surface area (Å²) in [5, 5.41) is -0.0763. The van der Waals surface area contributed by atoms with Crippen molar-refractivity contribution in [1.29, 1.82) is 0 Å². The Morgan fingerprint density at radius 1 is 1.11 bits per heavy atom. The summed E-state index contributed by atoms with van der Waals surface area (Å²) in [5.41, 5.74) is 0.874. The third kappa shape index (κ3) is 3.60. The van der Waals surface area contributed by atoms with Crippen molar-refractivity contribution >= 4 is 23.5 Å². The van der Waals surface area contributed by atoms with E-state index in [2.05, 4.69) is 0 Å². The molecule has 2 aliphatic heterocycles. The molecule has 3 fully saturated rings. The normalized spacial score (nSPS) is 25.4. The SMILES string of the molecule is O=C(OCc1ccccc1)N1C[C@H]2[C@@H](F)[C@@H]1[C@@H]2OC(=S)Oc1ccccc1. The van der Waals surface area contributed by atoms with Gasteiger partial charge in [-0.25, -0.2) is 9.18 Å². The van der Waals surface area contributed by atoms with Crippen molar-refractivity contribution in [1.82, 2.24) is 4.90 Å². The Morgan fingerprint density at radius 2 is 1.78 bits per heavy atom. The molecule has 0 N–H and O–H groups in total. The van der Waals surface area contributed by atoms with Gasteiger partial charge in [0.05, 0.1) is 0 Å². The number of carbonyl (C=O) groups excluding carboxylic acids is 1. The molecule has 1 amide bonds. The van der Waals surface area contributed by atoms with Crippen molar-refractivity contribution in [2.75, 3.05) is 6.54 Å². The molecule has 2 heterocycles. The van der Waals surface area contributed by atoms with Crippen LogP contribution in [0.5, 0.6) is 5.75 Å². The largest absolute Gasteiger partial charge is 0.450 e. The predicted molar refractivity (Wildman–Crippen MR) is 100 cm³/mol. The van der Waals surface area contributed by atoms with Crippen LogP contribution in [0.2, 0.25) is 0 Å². The number of amides is 1. The Kier molecular flexibility index (Phi) is 4.94. The molecule has 1 aliphatic carbocycles. The van der Waals surface area contributed by atoms with E-state index in [1.54, 1.807) is 12.1 Å². The first-order valence-electron chi connectivity index (χ1n) is 8.68. The first-order valence-corrected chi connectivity index (χ1v) is 9.09. The van der Waals surface area contributed by atoms with Crippen molar-refractivity contribution in [2.24, 2.45) is 5.92 Å². The summed E-state index contributed by atoms with van der Waals surface area (Å²) < 4.78 is 30.6. The Hall–Kier alpha value is -2.67. The summed E-state index contributed by atoms with van der Waals surface area (Å²) in [6.07, 6.45) is -2.20. The molecule has 27 heavy (non-hydrogen) atoms. The van der Waals surface area contributed by atoms with E-state index < -0.39 is 30.3 Å². The minimum Gasteiger partial charge on any atom is -0.450 e. The van der Waals surface area contributed by atoms with Crippen LogP contribution in [-0.4, -0.2) is 41.1 Å². The summed E-state index contributed by atoms with van der Waals surface area (Å²) in [7, 11) is 0. The van der Waals surface area contributed by atoms with Crippen LogP contribution in [0.1, 0.15) is 5.56 Å². The fraction of sp³-hybridized carbons (Fsp3) is 0.300. The molecular formula is C20H18FNO4S. The van der Waals surface area contributed by atoms with E-state index in [1.807, 2.05) is 48.5 Å².